The van der Waals surface area contributed by atoms with E-state index in [9.17, 15) is 18.0 Å². The normalized spacial score (nSPS) is 12.0. The second-order valence-corrected chi connectivity index (χ2v) is 12.6. The van der Waals surface area contributed by atoms with Gasteiger partial charge in [-0.15, -0.1) is 0 Å². The number of anilines is 1. The van der Waals surface area contributed by atoms with Crippen molar-refractivity contribution in [2.24, 2.45) is 0 Å². The first-order chi connectivity index (χ1) is 19.5. The molecule has 41 heavy (non-hydrogen) atoms. The predicted octanol–water partition coefficient (Wildman–Crippen LogP) is 5.88. The molecule has 0 aliphatic rings. The van der Waals surface area contributed by atoms with Gasteiger partial charge in [-0.2, -0.15) is 0 Å². The highest BCUT2D eigenvalue weighted by Crippen LogP contribution is 2.25. The Bertz CT molecular complexity index is 1420. The first-order valence-electron chi connectivity index (χ1n) is 13.6. The van der Waals surface area contributed by atoms with Gasteiger partial charge in [-0.3, -0.25) is 13.9 Å². The van der Waals surface area contributed by atoms with Crippen LogP contribution in [-0.2, 0) is 39.0 Å². The summed E-state index contributed by atoms with van der Waals surface area (Å²) in [6, 6.07) is 20.5. The van der Waals surface area contributed by atoms with Crippen molar-refractivity contribution in [3.8, 4) is 0 Å². The summed E-state index contributed by atoms with van der Waals surface area (Å²) in [6.07, 6.45) is 3.78. The molecule has 0 spiro atoms. The first-order valence-corrected chi connectivity index (χ1v) is 16.3. The van der Waals surface area contributed by atoms with Crippen LogP contribution in [0.25, 0.3) is 0 Å². The fourth-order valence-electron chi connectivity index (χ4n) is 4.41. The van der Waals surface area contributed by atoms with Crippen LogP contribution in [0, 0.1) is 0 Å². The largest absolute Gasteiger partial charge is 0.354 e. The van der Waals surface area contributed by atoms with Crippen molar-refractivity contribution in [2.45, 2.75) is 52.1 Å². The van der Waals surface area contributed by atoms with Gasteiger partial charge < -0.3 is 10.2 Å². The number of aryl methyl sites for hydroxylation is 1. The van der Waals surface area contributed by atoms with Gasteiger partial charge in [0.25, 0.3) is 0 Å². The molecule has 3 rings (SSSR count). The molecule has 0 aliphatic heterocycles. The van der Waals surface area contributed by atoms with Crippen LogP contribution in [0.3, 0.4) is 0 Å². The molecule has 0 saturated heterocycles. The van der Waals surface area contributed by atoms with E-state index >= 15 is 0 Å². The predicted molar refractivity (Wildman–Crippen MR) is 167 cm³/mol. The highest BCUT2D eigenvalue weighted by molar-refractivity contribution is 7.92. The molecule has 0 bridgehead atoms. The fourth-order valence-corrected chi connectivity index (χ4v) is 5.72. The highest BCUT2D eigenvalue weighted by Gasteiger charge is 2.33. The Labute approximate surface area is 253 Å². The van der Waals surface area contributed by atoms with Crippen LogP contribution in [-0.4, -0.2) is 50.5 Å². The first kappa shape index (κ1) is 32.4. The lowest BCUT2D eigenvalue weighted by atomic mass is 10.0. The average Bonchev–Trinajstić information content (AvgIpc) is 2.94. The van der Waals surface area contributed by atoms with Crippen LogP contribution >= 0.6 is 23.2 Å². The van der Waals surface area contributed by atoms with Crippen molar-refractivity contribution >= 4 is 50.7 Å². The summed E-state index contributed by atoms with van der Waals surface area (Å²) in [4.78, 5) is 29.2. The van der Waals surface area contributed by atoms with Crippen LogP contribution in [0.2, 0.25) is 10.0 Å². The number of amides is 2. The van der Waals surface area contributed by atoms with Crippen molar-refractivity contribution in [3.63, 3.8) is 0 Å². The lowest BCUT2D eigenvalue weighted by Crippen LogP contribution is -2.53. The Morgan fingerprint density at radius 2 is 1.61 bits per heavy atom. The molecule has 3 aromatic rings. The van der Waals surface area contributed by atoms with Crippen LogP contribution < -0.4 is 9.62 Å². The van der Waals surface area contributed by atoms with Crippen molar-refractivity contribution < 1.29 is 18.0 Å². The summed E-state index contributed by atoms with van der Waals surface area (Å²) in [7, 11) is -3.83. The smallest absolute Gasteiger partial charge is 0.244 e. The van der Waals surface area contributed by atoms with E-state index in [2.05, 4.69) is 5.32 Å². The number of carbonyl (C=O) groups is 2. The minimum atomic E-state index is -3.83. The summed E-state index contributed by atoms with van der Waals surface area (Å²) < 4.78 is 26.9. The van der Waals surface area contributed by atoms with Crippen molar-refractivity contribution in [1.82, 2.24) is 10.2 Å². The molecule has 0 aromatic heterocycles. The molecular formula is C31H37Cl2N3O4S. The van der Waals surface area contributed by atoms with Crippen molar-refractivity contribution in [1.29, 1.82) is 0 Å². The molecule has 2 amide bonds. The van der Waals surface area contributed by atoms with Crippen LogP contribution in [0.4, 0.5) is 5.69 Å². The Morgan fingerprint density at radius 1 is 0.927 bits per heavy atom. The number of sulfonamides is 1. The van der Waals surface area contributed by atoms with E-state index in [-0.39, 0.29) is 18.9 Å². The molecule has 0 heterocycles. The average molecular weight is 619 g/mol. The third kappa shape index (κ3) is 9.48. The number of nitrogens with zero attached hydrogens (tertiary/aromatic N) is 2. The number of unbranched alkanes of at least 4 members (excludes halogenated alkanes) is 1. The van der Waals surface area contributed by atoms with E-state index in [0.717, 1.165) is 41.0 Å². The Kier molecular flexibility index (Phi) is 12.1. The fraction of sp³-hybridized carbons (Fsp3) is 0.355. The molecular weight excluding hydrogens is 581 g/mol. The topological polar surface area (TPSA) is 86.8 Å². The Morgan fingerprint density at radius 3 is 2.20 bits per heavy atom. The second-order valence-electron chi connectivity index (χ2n) is 9.90. The maximum Gasteiger partial charge on any atom is 0.244 e. The SMILES string of the molecule is CCCCNC(=O)C(Cc1ccccc1)N(Cc1ccc(Cl)cc1Cl)C(=O)CN(c1ccc(CC)cc1)S(C)(=O)=O. The van der Waals surface area contributed by atoms with Gasteiger partial charge in [0, 0.05) is 29.6 Å². The van der Waals surface area contributed by atoms with Gasteiger partial charge in [0.15, 0.2) is 0 Å². The summed E-state index contributed by atoms with van der Waals surface area (Å²) in [5.74, 6) is -0.855. The number of benzene rings is 3. The summed E-state index contributed by atoms with van der Waals surface area (Å²) in [5.41, 5.74) is 2.86. The number of rotatable bonds is 14. The van der Waals surface area contributed by atoms with E-state index in [1.165, 1.54) is 4.90 Å². The standard InChI is InChI=1S/C31H37Cl2N3O4S/c1-4-6-18-34-31(38)29(19-24-10-8-7-9-11-24)35(21-25-14-15-26(32)20-28(25)33)30(37)22-36(41(3,39)40)27-16-12-23(5-2)13-17-27/h7-17,20,29H,4-6,18-19,21-22H2,1-3H3,(H,34,38). The summed E-state index contributed by atoms with van der Waals surface area (Å²) in [5, 5.41) is 3.74. The van der Waals surface area contributed by atoms with E-state index < -0.39 is 28.5 Å². The third-order valence-corrected chi connectivity index (χ3v) is 8.50. The summed E-state index contributed by atoms with van der Waals surface area (Å²) >= 11 is 12.6. The minimum absolute atomic E-state index is 0.0140. The zero-order valence-corrected chi connectivity index (χ0v) is 26.0. The molecule has 0 saturated carbocycles. The zero-order valence-electron chi connectivity index (χ0n) is 23.6. The van der Waals surface area contributed by atoms with Gasteiger partial charge in [0.1, 0.15) is 12.6 Å². The molecule has 10 heteroatoms. The molecule has 1 atom stereocenters. The lowest BCUT2D eigenvalue weighted by Gasteiger charge is -2.33. The Balaban J connectivity index is 2.05. The van der Waals surface area contributed by atoms with Gasteiger partial charge in [-0.25, -0.2) is 8.42 Å². The van der Waals surface area contributed by atoms with Crippen molar-refractivity contribution in [3.05, 3.63) is 99.5 Å². The number of hydrogen-bond acceptors (Lipinski definition) is 4. The molecule has 0 radical (unpaired) electrons. The molecule has 1 N–H and O–H groups in total. The maximum absolute atomic E-state index is 14.1. The van der Waals surface area contributed by atoms with Crippen LogP contribution in [0.15, 0.2) is 72.8 Å². The van der Waals surface area contributed by atoms with Crippen LogP contribution in [0.5, 0.6) is 0 Å². The Hall–Kier alpha value is -3.07. The van der Waals surface area contributed by atoms with E-state index in [1.807, 2.05) is 56.3 Å². The lowest BCUT2D eigenvalue weighted by molar-refractivity contribution is -0.140. The minimum Gasteiger partial charge on any atom is -0.354 e. The number of halogens is 2. The van der Waals surface area contributed by atoms with Gasteiger partial charge in [0.05, 0.1) is 11.9 Å². The van der Waals surface area contributed by atoms with Crippen molar-refractivity contribution in [2.75, 3.05) is 23.7 Å². The molecule has 3 aromatic carbocycles. The van der Waals surface area contributed by atoms with Gasteiger partial charge >= 0.3 is 0 Å². The molecule has 220 valence electrons. The second kappa shape index (κ2) is 15.2. The monoisotopic (exact) mass is 617 g/mol. The number of carbonyl (C=O) groups excluding carboxylic acids is 2. The molecule has 7 nitrogen and oxygen atoms in total. The number of nitrogens with one attached hydrogen (secondary N) is 1. The maximum atomic E-state index is 14.1. The van der Waals surface area contributed by atoms with E-state index in [0.29, 0.717) is 27.8 Å². The number of hydrogen-bond donors (Lipinski definition) is 1. The van der Waals surface area contributed by atoms with Gasteiger partial charge in [-0.05, 0) is 53.8 Å². The highest BCUT2D eigenvalue weighted by atomic mass is 35.5. The molecule has 0 fully saturated rings. The van der Waals surface area contributed by atoms with E-state index in [1.54, 1.807) is 30.3 Å². The van der Waals surface area contributed by atoms with E-state index in [4.69, 9.17) is 23.2 Å². The summed E-state index contributed by atoms with van der Waals surface area (Å²) in [6.45, 7) is 4.00. The van der Waals surface area contributed by atoms with Crippen LogP contribution in [0.1, 0.15) is 43.4 Å². The quantitative estimate of drug-likeness (QED) is 0.229. The van der Waals surface area contributed by atoms with Gasteiger partial charge in [0.2, 0.25) is 21.8 Å². The van der Waals surface area contributed by atoms with Gasteiger partial charge in [-0.1, -0.05) is 92.0 Å². The zero-order chi connectivity index (χ0) is 30.0. The third-order valence-electron chi connectivity index (χ3n) is 6.77. The molecule has 0 aliphatic carbocycles. The molecule has 1 unspecified atom stereocenters.